The summed E-state index contributed by atoms with van der Waals surface area (Å²) < 4.78 is 4.76. The number of nitrogens with zero attached hydrogens (tertiary/aromatic N) is 2. The van der Waals surface area contributed by atoms with Crippen LogP contribution in [0.2, 0.25) is 0 Å². The lowest BCUT2D eigenvalue weighted by atomic mass is 9.79. The quantitative estimate of drug-likeness (QED) is 0.477. The van der Waals surface area contributed by atoms with Crippen LogP contribution in [-0.2, 0) is 10.8 Å². The summed E-state index contributed by atoms with van der Waals surface area (Å²) in [5.41, 5.74) is 0.328. The Bertz CT molecular complexity index is 411. The van der Waals surface area contributed by atoms with Crippen LogP contribution >= 0.6 is 11.5 Å². The van der Waals surface area contributed by atoms with E-state index >= 15 is 0 Å². The maximum atomic E-state index is 4.96. The van der Waals surface area contributed by atoms with Gasteiger partial charge in [-0.2, -0.15) is 4.37 Å². The van der Waals surface area contributed by atoms with E-state index in [1.807, 2.05) is 0 Å². The first-order valence-electron chi connectivity index (χ1n) is 8.74. The van der Waals surface area contributed by atoms with Crippen molar-refractivity contribution >= 4 is 11.5 Å². The minimum atomic E-state index is 0.158. The van der Waals surface area contributed by atoms with Gasteiger partial charge in [0.25, 0.3) is 0 Å². The maximum Gasteiger partial charge on any atom is 0.148 e. The third-order valence-electron chi connectivity index (χ3n) is 4.84. The molecule has 0 aromatic carbocycles. The van der Waals surface area contributed by atoms with Crippen LogP contribution in [0.25, 0.3) is 0 Å². The molecule has 0 amide bonds. The summed E-state index contributed by atoms with van der Waals surface area (Å²) in [7, 11) is 0. The molecule has 3 heteroatoms. The number of aromatic nitrogens is 2. The molecule has 0 saturated carbocycles. The van der Waals surface area contributed by atoms with Gasteiger partial charge < -0.3 is 0 Å². The highest BCUT2D eigenvalue weighted by atomic mass is 32.1. The number of hydrogen-bond donors (Lipinski definition) is 0. The highest BCUT2D eigenvalue weighted by Gasteiger charge is 2.32. The molecular weight excluding hydrogens is 276 g/mol. The second-order valence-electron chi connectivity index (χ2n) is 7.28. The van der Waals surface area contributed by atoms with Crippen molar-refractivity contribution in [2.45, 2.75) is 104 Å². The highest BCUT2D eigenvalue weighted by molar-refractivity contribution is 7.05. The van der Waals surface area contributed by atoms with Crippen LogP contribution in [0.5, 0.6) is 0 Å². The summed E-state index contributed by atoms with van der Waals surface area (Å²) in [6.07, 6.45) is 9.97. The number of hydrogen-bond acceptors (Lipinski definition) is 3. The average molecular weight is 311 g/mol. The predicted octanol–water partition coefficient (Wildman–Crippen LogP) is 6.25. The highest BCUT2D eigenvalue weighted by Crippen LogP contribution is 2.36. The summed E-state index contributed by atoms with van der Waals surface area (Å²) in [4.78, 5) is 4.96. The number of rotatable bonds is 10. The van der Waals surface area contributed by atoms with Crippen LogP contribution in [0.4, 0.5) is 0 Å². The van der Waals surface area contributed by atoms with Crippen LogP contribution in [0, 0.1) is 0 Å². The lowest BCUT2D eigenvalue weighted by Gasteiger charge is -2.27. The third kappa shape index (κ3) is 5.05. The molecule has 1 rings (SSSR count). The first-order valence-corrected chi connectivity index (χ1v) is 9.51. The van der Waals surface area contributed by atoms with E-state index in [0.717, 1.165) is 12.2 Å². The number of unbranched alkanes of at least 4 members (excludes halogenated alkanes) is 3. The van der Waals surface area contributed by atoms with Gasteiger partial charge in [0.2, 0.25) is 0 Å². The lowest BCUT2D eigenvalue weighted by molar-refractivity contribution is 0.352. The van der Waals surface area contributed by atoms with E-state index < -0.39 is 0 Å². The molecule has 2 nitrogen and oxygen atoms in total. The Morgan fingerprint density at radius 2 is 1.52 bits per heavy atom. The van der Waals surface area contributed by atoms with Crippen LogP contribution in [0.15, 0.2) is 0 Å². The van der Waals surface area contributed by atoms with Gasteiger partial charge in [0.05, 0.1) is 0 Å². The molecule has 122 valence electrons. The Balaban J connectivity index is 2.92. The molecule has 0 aliphatic heterocycles. The van der Waals surface area contributed by atoms with Crippen molar-refractivity contribution in [2.75, 3.05) is 0 Å². The Morgan fingerprint density at radius 1 is 0.905 bits per heavy atom. The predicted molar refractivity (Wildman–Crippen MR) is 94.2 cm³/mol. The summed E-state index contributed by atoms with van der Waals surface area (Å²) in [6.45, 7) is 13.7. The van der Waals surface area contributed by atoms with Gasteiger partial charge >= 0.3 is 0 Å². The van der Waals surface area contributed by atoms with E-state index in [1.165, 1.54) is 50.0 Å². The Morgan fingerprint density at radius 3 is 2.10 bits per heavy atom. The molecule has 0 aliphatic carbocycles. The van der Waals surface area contributed by atoms with E-state index in [9.17, 15) is 0 Å². The van der Waals surface area contributed by atoms with Crippen LogP contribution in [0.3, 0.4) is 0 Å². The minimum Gasteiger partial charge on any atom is -0.223 e. The molecule has 1 unspecified atom stereocenters. The fraction of sp³-hybridized carbons (Fsp3) is 0.889. The molecule has 0 spiro atoms. The van der Waals surface area contributed by atoms with Crippen molar-refractivity contribution in [3.63, 3.8) is 0 Å². The van der Waals surface area contributed by atoms with E-state index in [1.54, 1.807) is 11.5 Å². The molecule has 0 bridgehead atoms. The second-order valence-corrected chi connectivity index (χ2v) is 8.03. The molecule has 1 aromatic heterocycles. The Kier molecular flexibility index (Phi) is 7.32. The average Bonchev–Trinajstić information content (AvgIpc) is 2.97. The molecular formula is C18H34N2S. The molecule has 1 atom stereocenters. The zero-order valence-electron chi connectivity index (χ0n) is 15.0. The lowest BCUT2D eigenvalue weighted by Crippen LogP contribution is -2.24. The smallest absolute Gasteiger partial charge is 0.148 e. The van der Waals surface area contributed by atoms with Crippen molar-refractivity contribution in [3.8, 4) is 0 Å². The van der Waals surface area contributed by atoms with Crippen molar-refractivity contribution < 1.29 is 0 Å². The maximum absolute atomic E-state index is 4.96. The van der Waals surface area contributed by atoms with Crippen molar-refractivity contribution in [1.82, 2.24) is 9.36 Å². The van der Waals surface area contributed by atoms with Gasteiger partial charge in [-0.05, 0) is 30.8 Å². The molecule has 1 aromatic rings. The van der Waals surface area contributed by atoms with Gasteiger partial charge in [0.1, 0.15) is 10.8 Å². The largest absolute Gasteiger partial charge is 0.223 e. The summed E-state index contributed by atoms with van der Waals surface area (Å²) in [6, 6.07) is 0. The standard InChI is InChI=1S/C18H34N2S/c1-7-10-12-14-18(6,13-11-8-2)15-19-16(21-20-15)17(4,5)9-3/h7-14H2,1-6H3. The summed E-state index contributed by atoms with van der Waals surface area (Å²) in [5.74, 6) is 1.11. The molecule has 0 N–H and O–H groups in total. The first kappa shape index (κ1) is 18.6. The SMILES string of the molecule is CCCCCC(C)(CCCC)c1nsc(C(C)(C)CC)n1. The van der Waals surface area contributed by atoms with Gasteiger partial charge in [-0.1, -0.05) is 73.6 Å². The fourth-order valence-electron chi connectivity index (χ4n) is 2.58. The van der Waals surface area contributed by atoms with Gasteiger partial charge in [-0.25, -0.2) is 4.98 Å². The van der Waals surface area contributed by atoms with E-state index in [-0.39, 0.29) is 10.8 Å². The van der Waals surface area contributed by atoms with Crippen molar-refractivity contribution in [1.29, 1.82) is 0 Å². The normalized spacial score (nSPS) is 15.1. The van der Waals surface area contributed by atoms with Gasteiger partial charge in [-0.3, -0.25) is 0 Å². The first-order chi connectivity index (χ1) is 9.89. The van der Waals surface area contributed by atoms with Crippen LogP contribution < -0.4 is 0 Å². The molecule has 0 aliphatic rings. The minimum absolute atomic E-state index is 0.158. The van der Waals surface area contributed by atoms with Crippen molar-refractivity contribution in [2.24, 2.45) is 0 Å². The Labute approximate surface area is 135 Å². The molecule has 0 saturated heterocycles. The van der Waals surface area contributed by atoms with Gasteiger partial charge in [0.15, 0.2) is 0 Å². The molecule has 0 radical (unpaired) electrons. The van der Waals surface area contributed by atoms with Crippen LogP contribution in [0.1, 0.15) is 104 Å². The van der Waals surface area contributed by atoms with Gasteiger partial charge in [-0.15, -0.1) is 0 Å². The zero-order chi connectivity index (χ0) is 15.9. The molecule has 0 fully saturated rings. The topological polar surface area (TPSA) is 25.8 Å². The van der Waals surface area contributed by atoms with E-state index in [2.05, 4.69) is 41.5 Å². The zero-order valence-corrected chi connectivity index (χ0v) is 15.8. The second kappa shape index (κ2) is 8.26. The molecule has 21 heavy (non-hydrogen) atoms. The third-order valence-corrected chi connectivity index (χ3v) is 5.92. The van der Waals surface area contributed by atoms with E-state index in [0.29, 0.717) is 0 Å². The van der Waals surface area contributed by atoms with Crippen molar-refractivity contribution in [3.05, 3.63) is 10.8 Å². The summed E-state index contributed by atoms with van der Waals surface area (Å²) in [5, 5.41) is 1.21. The summed E-state index contributed by atoms with van der Waals surface area (Å²) >= 11 is 1.62. The molecule has 1 heterocycles. The van der Waals surface area contributed by atoms with Crippen LogP contribution in [-0.4, -0.2) is 9.36 Å². The fourth-order valence-corrected chi connectivity index (χ4v) is 3.53. The monoisotopic (exact) mass is 310 g/mol. The van der Waals surface area contributed by atoms with E-state index in [4.69, 9.17) is 9.36 Å². The van der Waals surface area contributed by atoms with Gasteiger partial charge in [0, 0.05) is 10.8 Å². The Hall–Kier alpha value is -0.440.